The second-order valence-electron chi connectivity index (χ2n) is 8.31. The van der Waals surface area contributed by atoms with E-state index >= 15 is 0 Å². The van der Waals surface area contributed by atoms with Gasteiger partial charge in [0, 0.05) is 25.3 Å². The number of hydrogen-bond acceptors (Lipinski definition) is 5. The zero-order chi connectivity index (χ0) is 20.7. The molecule has 7 heteroatoms. The van der Waals surface area contributed by atoms with Crippen LogP contribution in [0.25, 0.3) is 10.4 Å². The maximum atomic E-state index is 13.6. The second kappa shape index (κ2) is 7.67. The van der Waals surface area contributed by atoms with Gasteiger partial charge in [0.1, 0.15) is 11.5 Å². The minimum Gasteiger partial charge on any atom is -0.368 e. The standard InChI is InChI=1S/C23H23ClN4OS/c1-15-27-20(21(30-15)16-5-3-2-4-6-16)22(29)28-14-23(9-10-23)11-18(28)13-26-19-8-7-17(24)12-25-19/h2-8,12,18H,9-11,13-14H2,1H3,(H,25,26)/t18-/m0/s1. The van der Waals surface area contributed by atoms with E-state index in [1.807, 2.05) is 54.3 Å². The lowest BCUT2D eigenvalue weighted by molar-refractivity contribution is 0.0733. The van der Waals surface area contributed by atoms with Crippen LogP contribution in [0.1, 0.15) is 34.8 Å². The number of halogens is 1. The highest BCUT2D eigenvalue weighted by molar-refractivity contribution is 7.15. The number of benzene rings is 1. The van der Waals surface area contributed by atoms with Crippen molar-refractivity contribution in [3.63, 3.8) is 0 Å². The highest BCUT2D eigenvalue weighted by Gasteiger charge is 2.53. The molecule has 3 heterocycles. The van der Waals surface area contributed by atoms with Crippen LogP contribution in [0, 0.1) is 12.3 Å². The van der Waals surface area contributed by atoms with Crippen molar-refractivity contribution in [2.45, 2.75) is 32.2 Å². The van der Waals surface area contributed by atoms with Crippen LogP contribution in [0.2, 0.25) is 5.02 Å². The monoisotopic (exact) mass is 438 g/mol. The molecule has 5 rings (SSSR count). The van der Waals surface area contributed by atoms with Crippen LogP contribution in [0.4, 0.5) is 5.82 Å². The molecule has 0 unspecified atom stereocenters. The number of aryl methyl sites for hydroxylation is 1. The summed E-state index contributed by atoms with van der Waals surface area (Å²) in [6.07, 6.45) is 5.07. The van der Waals surface area contributed by atoms with E-state index in [0.29, 0.717) is 22.7 Å². The van der Waals surface area contributed by atoms with Crippen LogP contribution in [-0.2, 0) is 0 Å². The first kappa shape index (κ1) is 19.5. The molecule has 5 nitrogen and oxygen atoms in total. The normalized spacial score (nSPS) is 19.3. The van der Waals surface area contributed by atoms with Gasteiger partial charge in [-0.05, 0) is 49.3 Å². The molecule has 3 aromatic rings. The van der Waals surface area contributed by atoms with Crippen LogP contribution >= 0.6 is 22.9 Å². The molecule has 2 aliphatic rings. The number of nitrogens with one attached hydrogen (secondary N) is 1. The van der Waals surface area contributed by atoms with Crippen molar-refractivity contribution in [3.05, 3.63) is 64.4 Å². The number of aromatic nitrogens is 2. The Morgan fingerprint density at radius 3 is 2.77 bits per heavy atom. The SMILES string of the molecule is Cc1nc(C(=O)N2CC3(CC3)C[C@H]2CNc2ccc(Cl)cn2)c(-c2ccccc2)s1. The molecule has 1 spiro atoms. The van der Waals surface area contributed by atoms with E-state index in [4.69, 9.17) is 11.6 Å². The minimum absolute atomic E-state index is 0.0397. The second-order valence-corrected chi connectivity index (χ2v) is 9.95. The van der Waals surface area contributed by atoms with Crippen LogP contribution in [0.5, 0.6) is 0 Å². The number of amides is 1. The summed E-state index contributed by atoms with van der Waals surface area (Å²) in [7, 11) is 0. The number of pyridine rings is 1. The van der Waals surface area contributed by atoms with E-state index in [1.54, 1.807) is 17.5 Å². The molecule has 1 atom stereocenters. The summed E-state index contributed by atoms with van der Waals surface area (Å²) in [5.41, 5.74) is 1.93. The summed E-state index contributed by atoms with van der Waals surface area (Å²) in [6.45, 7) is 3.45. The average molecular weight is 439 g/mol. The summed E-state index contributed by atoms with van der Waals surface area (Å²) in [4.78, 5) is 25.6. The van der Waals surface area contributed by atoms with Gasteiger partial charge in [0.25, 0.3) is 5.91 Å². The van der Waals surface area contributed by atoms with Gasteiger partial charge in [-0.25, -0.2) is 9.97 Å². The number of carbonyl (C=O) groups excluding carboxylic acids is 1. The van der Waals surface area contributed by atoms with Crippen molar-refractivity contribution in [3.8, 4) is 10.4 Å². The maximum Gasteiger partial charge on any atom is 0.274 e. The largest absolute Gasteiger partial charge is 0.368 e. The van der Waals surface area contributed by atoms with Crippen molar-refractivity contribution in [1.29, 1.82) is 0 Å². The van der Waals surface area contributed by atoms with Crippen molar-refractivity contribution in [2.75, 3.05) is 18.4 Å². The molecule has 1 N–H and O–H groups in total. The Morgan fingerprint density at radius 1 is 1.27 bits per heavy atom. The lowest BCUT2D eigenvalue weighted by Gasteiger charge is -2.25. The fourth-order valence-corrected chi connectivity index (χ4v) is 5.35. The number of anilines is 1. The van der Waals surface area contributed by atoms with Crippen LogP contribution in [-0.4, -0.2) is 39.9 Å². The van der Waals surface area contributed by atoms with Gasteiger partial charge in [-0.15, -0.1) is 11.3 Å². The van der Waals surface area contributed by atoms with Gasteiger partial charge in [-0.2, -0.15) is 0 Å². The Morgan fingerprint density at radius 2 is 2.07 bits per heavy atom. The molecule has 2 aromatic heterocycles. The number of thiazole rings is 1. The highest BCUT2D eigenvalue weighted by Crippen LogP contribution is 2.55. The van der Waals surface area contributed by atoms with E-state index in [1.165, 1.54) is 12.8 Å². The van der Waals surface area contributed by atoms with Gasteiger partial charge in [0.15, 0.2) is 0 Å². The van der Waals surface area contributed by atoms with Crippen molar-refractivity contribution in [2.24, 2.45) is 5.41 Å². The van der Waals surface area contributed by atoms with Gasteiger partial charge in [-0.1, -0.05) is 41.9 Å². The molecule has 2 fully saturated rings. The molecule has 0 bridgehead atoms. The van der Waals surface area contributed by atoms with Crippen molar-refractivity contribution < 1.29 is 4.79 Å². The Labute approximate surface area is 185 Å². The van der Waals surface area contributed by atoms with Gasteiger partial charge in [0.2, 0.25) is 0 Å². The van der Waals surface area contributed by atoms with E-state index in [2.05, 4.69) is 15.3 Å². The lowest BCUT2D eigenvalue weighted by Crippen LogP contribution is -2.40. The van der Waals surface area contributed by atoms with E-state index in [9.17, 15) is 4.79 Å². The van der Waals surface area contributed by atoms with Crippen LogP contribution < -0.4 is 5.32 Å². The molecule has 1 aromatic carbocycles. The summed E-state index contributed by atoms with van der Waals surface area (Å²) in [6, 6.07) is 13.9. The molecule has 1 saturated carbocycles. The van der Waals surface area contributed by atoms with Crippen molar-refractivity contribution >= 4 is 34.7 Å². The Kier molecular flexibility index (Phi) is 4.99. The number of likely N-dealkylation sites (tertiary alicyclic amines) is 1. The zero-order valence-electron chi connectivity index (χ0n) is 16.8. The number of hydrogen-bond donors (Lipinski definition) is 1. The van der Waals surface area contributed by atoms with Crippen LogP contribution in [0.3, 0.4) is 0 Å². The summed E-state index contributed by atoms with van der Waals surface area (Å²) < 4.78 is 0. The Balaban J connectivity index is 1.39. The van der Waals surface area contributed by atoms with E-state index in [-0.39, 0.29) is 11.9 Å². The molecule has 1 aliphatic carbocycles. The predicted molar refractivity (Wildman–Crippen MR) is 121 cm³/mol. The van der Waals surface area contributed by atoms with Crippen molar-refractivity contribution in [1.82, 2.24) is 14.9 Å². The molecular weight excluding hydrogens is 416 g/mol. The predicted octanol–water partition coefficient (Wildman–Crippen LogP) is 5.27. The maximum absolute atomic E-state index is 13.6. The molecule has 154 valence electrons. The third-order valence-electron chi connectivity index (χ3n) is 6.05. The van der Waals surface area contributed by atoms with Gasteiger partial charge in [0.05, 0.1) is 14.9 Å². The quantitative estimate of drug-likeness (QED) is 0.589. The minimum atomic E-state index is 0.0397. The average Bonchev–Trinajstić information content (AvgIpc) is 3.24. The van der Waals surface area contributed by atoms with Crippen LogP contribution in [0.15, 0.2) is 48.7 Å². The Hall–Kier alpha value is -2.44. The summed E-state index contributed by atoms with van der Waals surface area (Å²) in [5, 5.41) is 4.91. The van der Waals surface area contributed by atoms with E-state index < -0.39 is 0 Å². The third-order valence-corrected chi connectivity index (χ3v) is 7.30. The van der Waals surface area contributed by atoms with Gasteiger partial charge < -0.3 is 10.2 Å². The Bertz CT molecular complexity index is 1060. The molecule has 1 saturated heterocycles. The number of rotatable bonds is 5. The van der Waals surface area contributed by atoms with Gasteiger partial charge in [-0.3, -0.25) is 4.79 Å². The summed E-state index contributed by atoms with van der Waals surface area (Å²) >= 11 is 7.52. The number of carbonyl (C=O) groups is 1. The lowest BCUT2D eigenvalue weighted by atomic mass is 10.0. The third kappa shape index (κ3) is 3.82. The first-order valence-electron chi connectivity index (χ1n) is 10.2. The fourth-order valence-electron chi connectivity index (χ4n) is 4.32. The molecule has 0 radical (unpaired) electrons. The molecule has 1 amide bonds. The highest BCUT2D eigenvalue weighted by atomic mass is 35.5. The smallest absolute Gasteiger partial charge is 0.274 e. The first-order chi connectivity index (χ1) is 14.5. The molecule has 1 aliphatic heterocycles. The molecule has 30 heavy (non-hydrogen) atoms. The number of nitrogens with zero attached hydrogens (tertiary/aromatic N) is 3. The fraction of sp³-hybridized carbons (Fsp3) is 0.348. The topological polar surface area (TPSA) is 58.1 Å². The zero-order valence-corrected chi connectivity index (χ0v) is 18.3. The van der Waals surface area contributed by atoms with Gasteiger partial charge >= 0.3 is 0 Å². The van der Waals surface area contributed by atoms with E-state index in [0.717, 1.165) is 34.2 Å². The first-order valence-corrected chi connectivity index (χ1v) is 11.4. The molecular formula is C23H23ClN4OS. The summed E-state index contributed by atoms with van der Waals surface area (Å²) in [5.74, 6) is 0.816.